The molecule has 0 radical (unpaired) electrons. The number of nitrogens with zero attached hydrogens (tertiary/aromatic N) is 2. The zero-order chi connectivity index (χ0) is 30.8. The Balaban J connectivity index is 0.00000529. The lowest BCUT2D eigenvalue weighted by molar-refractivity contribution is -0.116. The average molecular weight is 668 g/mol. The lowest BCUT2D eigenvalue weighted by Crippen LogP contribution is -2.36. The van der Waals surface area contributed by atoms with Crippen molar-refractivity contribution in [2.75, 3.05) is 37.4 Å². The van der Waals surface area contributed by atoms with E-state index in [0.29, 0.717) is 30.4 Å². The number of anilines is 2. The highest BCUT2D eigenvalue weighted by atomic mass is 79.9. The molecule has 1 saturated carbocycles. The lowest BCUT2D eigenvalue weighted by atomic mass is 9.93. The van der Waals surface area contributed by atoms with Gasteiger partial charge in [0.1, 0.15) is 5.75 Å². The number of benzene rings is 3. The molecule has 0 atom stereocenters. The number of rotatable bonds is 14. The number of nitrogen functional groups attached to an aromatic ring is 1. The average Bonchev–Trinajstić information content (AvgIpc) is 3.02. The molecule has 0 spiro atoms. The summed E-state index contributed by atoms with van der Waals surface area (Å²) in [5.41, 5.74) is 9.70. The summed E-state index contributed by atoms with van der Waals surface area (Å²) in [6.07, 6.45) is 10.1. The van der Waals surface area contributed by atoms with Crippen molar-refractivity contribution in [3.8, 4) is 5.75 Å². The molecule has 0 unspecified atom stereocenters. The molecule has 3 N–H and O–H groups in total. The molecule has 4 rings (SSSR count). The van der Waals surface area contributed by atoms with E-state index in [9.17, 15) is 9.59 Å². The highest BCUT2D eigenvalue weighted by Gasteiger charge is 2.22. The summed E-state index contributed by atoms with van der Waals surface area (Å²) in [6, 6.07) is 16.4. The highest BCUT2D eigenvalue weighted by Crippen LogP contribution is 2.30. The first kappa shape index (κ1) is 35.4. The van der Waals surface area contributed by atoms with Crippen LogP contribution in [0, 0.1) is 0 Å². The predicted octanol–water partition coefficient (Wildman–Crippen LogP) is 8.33. The zero-order valence-corrected chi connectivity index (χ0v) is 27.5. The molecule has 0 aromatic heterocycles. The van der Waals surface area contributed by atoms with Gasteiger partial charge in [0.25, 0.3) is 5.91 Å². The van der Waals surface area contributed by atoms with Gasteiger partial charge in [-0.15, -0.1) is 0 Å². The first-order chi connectivity index (χ1) is 20.8. The van der Waals surface area contributed by atoms with Gasteiger partial charge in [-0.25, -0.2) is 0 Å². The van der Waals surface area contributed by atoms with Gasteiger partial charge in [-0.3, -0.25) is 14.5 Å². The second-order valence-electron chi connectivity index (χ2n) is 11.6. The molecule has 7 nitrogen and oxygen atoms in total. The number of carbonyl (C=O) groups excluding carboxylic acids is 2. The van der Waals surface area contributed by atoms with Gasteiger partial charge in [0.15, 0.2) is 0 Å². The van der Waals surface area contributed by atoms with Gasteiger partial charge in [0.05, 0.1) is 12.8 Å². The van der Waals surface area contributed by atoms with E-state index in [-0.39, 0.29) is 19.2 Å². The molecule has 240 valence electrons. The largest absolute Gasteiger partial charge is 0.497 e. The predicted molar refractivity (Wildman–Crippen MR) is 188 cm³/mol. The third-order valence-corrected chi connectivity index (χ3v) is 9.32. The summed E-state index contributed by atoms with van der Waals surface area (Å²) in [4.78, 5) is 29.8. The Labute approximate surface area is 272 Å². The molecule has 3 aromatic rings. The molecule has 2 amide bonds. The standard InChI is InChI=1S/C35H47BrN4O3.CH4/c1-4-39(30-12-8-7-9-13-30)24-29-20-28(23-33(36)34(29)37)35(42)38-18-10-5-6-11-19-40(25(2)41)31-16-14-27-22-32(43-3)17-15-26(27)21-31;/h14-17,20-23,30H,4-13,18-19,24,37H2,1-3H3,(H,38,42);1H4. The van der Waals surface area contributed by atoms with E-state index in [0.717, 1.165) is 71.0 Å². The van der Waals surface area contributed by atoms with Crippen LogP contribution in [0.5, 0.6) is 5.75 Å². The van der Waals surface area contributed by atoms with E-state index in [2.05, 4.69) is 39.1 Å². The summed E-state index contributed by atoms with van der Waals surface area (Å²) in [7, 11) is 1.66. The molecule has 3 aromatic carbocycles. The molecule has 44 heavy (non-hydrogen) atoms. The molecular formula is C36H51BrN4O3. The Morgan fingerprint density at radius 2 is 1.68 bits per heavy atom. The number of hydrogen-bond acceptors (Lipinski definition) is 5. The molecular weight excluding hydrogens is 616 g/mol. The number of ether oxygens (including phenoxy) is 1. The summed E-state index contributed by atoms with van der Waals surface area (Å²) < 4.78 is 6.09. The fourth-order valence-corrected chi connectivity index (χ4v) is 6.63. The maximum atomic E-state index is 13.0. The SMILES string of the molecule is C.CCN(Cc1cc(C(=O)NCCCCCCN(C(C)=O)c2ccc3cc(OC)ccc3c2)cc(Br)c1N)C1CCCCC1. The third kappa shape index (κ3) is 9.45. The van der Waals surface area contributed by atoms with Crippen LogP contribution >= 0.6 is 15.9 Å². The molecule has 0 saturated heterocycles. The minimum Gasteiger partial charge on any atom is -0.497 e. The summed E-state index contributed by atoms with van der Waals surface area (Å²) >= 11 is 3.58. The van der Waals surface area contributed by atoms with Crippen molar-refractivity contribution < 1.29 is 14.3 Å². The van der Waals surface area contributed by atoms with E-state index in [1.165, 1.54) is 32.1 Å². The number of halogens is 1. The van der Waals surface area contributed by atoms with Gasteiger partial charge in [-0.1, -0.05) is 58.6 Å². The quantitative estimate of drug-likeness (QED) is 0.133. The molecule has 0 heterocycles. The van der Waals surface area contributed by atoms with Crippen LogP contribution in [-0.4, -0.2) is 49.5 Å². The van der Waals surface area contributed by atoms with E-state index >= 15 is 0 Å². The van der Waals surface area contributed by atoms with E-state index in [1.54, 1.807) is 14.0 Å². The van der Waals surface area contributed by atoms with Gasteiger partial charge in [0, 0.05) is 48.3 Å². The summed E-state index contributed by atoms with van der Waals surface area (Å²) in [6.45, 7) is 6.84. The van der Waals surface area contributed by atoms with Crippen molar-refractivity contribution in [3.05, 3.63) is 64.1 Å². The van der Waals surface area contributed by atoms with Gasteiger partial charge >= 0.3 is 0 Å². The van der Waals surface area contributed by atoms with E-state index in [1.807, 2.05) is 47.4 Å². The van der Waals surface area contributed by atoms with Crippen LogP contribution in [0.1, 0.15) is 95.0 Å². The third-order valence-electron chi connectivity index (χ3n) is 8.66. The van der Waals surface area contributed by atoms with Gasteiger partial charge in [-0.2, -0.15) is 0 Å². The first-order valence-electron chi connectivity index (χ1n) is 15.8. The van der Waals surface area contributed by atoms with Crippen molar-refractivity contribution in [1.29, 1.82) is 0 Å². The smallest absolute Gasteiger partial charge is 0.251 e. The highest BCUT2D eigenvalue weighted by molar-refractivity contribution is 9.10. The van der Waals surface area contributed by atoms with Crippen LogP contribution in [0.15, 0.2) is 53.0 Å². The topological polar surface area (TPSA) is 87.9 Å². The van der Waals surface area contributed by atoms with E-state index < -0.39 is 0 Å². The number of amides is 2. The second kappa shape index (κ2) is 17.4. The molecule has 1 aliphatic rings. The number of nitrogens with two attached hydrogens (primary N) is 1. The van der Waals surface area contributed by atoms with Gasteiger partial charge in [-0.05, 0) is 101 Å². The van der Waals surface area contributed by atoms with Crippen molar-refractivity contribution in [2.24, 2.45) is 0 Å². The zero-order valence-electron chi connectivity index (χ0n) is 26.0. The fraction of sp³-hybridized carbons (Fsp3) is 0.500. The Kier molecular flexibility index (Phi) is 14.0. The number of fused-ring (bicyclic) bond motifs is 1. The first-order valence-corrected chi connectivity index (χ1v) is 16.6. The van der Waals surface area contributed by atoms with Crippen LogP contribution in [0.3, 0.4) is 0 Å². The van der Waals surface area contributed by atoms with Crippen molar-refractivity contribution in [1.82, 2.24) is 10.2 Å². The van der Waals surface area contributed by atoms with Gasteiger partial charge < -0.3 is 20.7 Å². The molecule has 0 aliphatic heterocycles. The minimum atomic E-state index is -0.0701. The molecule has 8 heteroatoms. The maximum Gasteiger partial charge on any atom is 0.251 e. The second-order valence-corrected chi connectivity index (χ2v) is 12.5. The number of methoxy groups -OCH3 is 1. The number of unbranched alkanes of at least 4 members (excludes halogenated alkanes) is 3. The van der Waals surface area contributed by atoms with E-state index in [4.69, 9.17) is 10.5 Å². The molecule has 0 bridgehead atoms. The Morgan fingerprint density at radius 3 is 2.39 bits per heavy atom. The summed E-state index contributed by atoms with van der Waals surface area (Å²) in [5.74, 6) is 0.786. The van der Waals surface area contributed by atoms with Crippen LogP contribution < -0.4 is 20.7 Å². The van der Waals surface area contributed by atoms with Crippen LogP contribution in [0.4, 0.5) is 11.4 Å². The number of carbonyl (C=O) groups is 2. The number of nitrogens with one attached hydrogen (secondary N) is 1. The van der Waals surface area contributed by atoms with Crippen molar-refractivity contribution in [2.45, 2.75) is 91.6 Å². The van der Waals surface area contributed by atoms with Crippen LogP contribution in [0.25, 0.3) is 10.8 Å². The Hall–Kier alpha value is -3.10. The minimum absolute atomic E-state index is 0. The van der Waals surface area contributed by atoms with Crippen LogP contribution in [-0.2, 0) is 11.3 Å². The lowest BCUT2D eigenvalue weighted by Gasteiger charge is -2.34. The maximum absolute atomic E-state index is 13.0. The molecule has 1 fully saturated rings. The normalized spacial score (nSPS) is 13.5. The number of hydrogen-bond donors (Lipinski definition) is 2. The molecule has 1 aliphatic carbocycles. The summed E-state index contributed by atoms with van der Waals surface area (Å²) in [5, 5.41) is 5.24. The van der Waals surface area contributed by atoms with Crippen molar-refractivity contribution >= 4 is 49.9 Å². The van der Waals surface area contributed by atoms with Gasteiger partial charge in [0.2, 0.25) is 5.91 Å². The monoisotopic (exact) mass is 666 g/mol. The Bertz CT molecular complexity index is 1390. The Morgan fingerprint density at radius 1 is 0.977 bits per heavy atom. The van der Waals surface area contributed by atoms with Crippen molar-refractivity contribution in [3.63, 3.8) is 0 Å². The fourth-order valence-electron chi connectivity index (χ4n) is 6.13. The van der Waals surface area contributed by atoms with Crippen LogP contribution in [0.2, 0.25) is 0 Å².